The van der Waals surface area contributed by atoms with Gasteiger partial charge in [0.2, 0.25) is 5.78 Å². The number of ketones is 1. The molecule has 2 aromatic rings. The molecular formula is C16H14ClFO2. The van der Waals surface area contributed by atoms with E-state index in [-0.39, 0.29) is 11.5 Å². The molecule has 1 atom stereocenters. The van der Waals surface area contributed by atoms with E-state index in [1.807, 2.05) is 0 Å². The van der Waals surface area contributed by atoms with Crippen LogP contribution in [0.25, 0.3) is 0 Å². The average Bonchev–Trinajstić information content (AvgIpc) is 2.44. The van der Waals surface area contributed by atoms with Crippen LogP contribution in [0.2, 0.25) is 5.02 Å². The molecule has 0 aliphatic rings. The lowest BCUT2D eigenvalue weighted by atomic mass is 10.1. The van der Waals surface area contributed by atoms with E-state index in [4.69, 9.17) is 16.3 Å². The van der Waals surface area contributed by atoms with E-state index in [1.54, 1.807) is 50.2 Å². The van der Waals surface area contributed by atoms with Crippen LogP contribution in [-0.4, -0.2) is 11.9 Å². The normalized spacial score (nSPS) is 12.0. The summed E-state index contributed by atoms with van der Waals surface area (Å²) in [5.74, 6) is -0.578. The Labute approximate surface area is 122 Å². The van der Waals surface area contributed by atoms with Crippen molar-refractivity contribution >= 4 is 17.4 Å². The monoisotopic (exact) mass is 292 g/mol. The highest BCUT2D eigenvalue weighted by Crippen LogP contribution is 2.22. The fourth-order valence-electron chi connectivity index (χ4n) is 1.80. The van der Waals surface area contributed by atoms with Gasteiger partial charge in [0.05, 0.1) is 0 Å². The Morgan fingerprint density at radius 2 is 1.85 bits per heavy atom. The molecule has 2 rings (SSSR count). The number of Topliss-reactive ketones (excluding diaryl/α,β-unsaturated/α-hetero) is 1. The highest BCUT2D eigenvalue weighted by atomic mass is 35.5. The van der Waals surface area contributed by atoms with E-state index in [0.717, 1.165) is 0 Å². The summed E-state index contributed by atoms with van der Waals surface area (Å²) in [6.45, 7) is 3.24. The Morgan fingerprint density at radius 1 is 1.20 bits per heavy atom. The van der Waals surface area contributed by atoms with Gasteiger partial charge in [0.25, 0.3) is 0 Å². The maximum Gasteiger partial charge on any atom is 0.202 e. The summed E-state index contributed by atoms with van der Waals surface area (Å²) in [6, 6.07) is 11.4. The summed E-state index contributed by atoms with van der Waals surface area (Å²) in [5, 5.41) is 0.555. The molecule has 104 valence electrons. The third-order valence-corrected chi connectivity index (χ3v) is 3.21. The summed E-state index contributed by atoms with van der Waals surface area (Å²) < 4.78 is 19.2. The van der Waals surface area contributed by atoms with Gasteiger partial charge < -0.3 is 4.74 Å². The number of aryl methyl sites for hydroxylation is 1. The van der Waals surface area contributed by atoms with Gasteiger partial charge in [-0.2, -0.15) is 0 Å². The third-order valence-electron chi connectivity index (χ3n) is 2.96. The van der Waals surface area contributed by atoms with Crippen LogP contribution in [0.5, 0.6) is 5.75 Å². The van der Waals surface area contributed by atoms with Gasteiger partial charge in [0.15, 0.2) is 17.7 Å². The van der Waals surface area contributed by atoms with Crippen molar-refractivity contribution in [3.8, 4) is 5.75 Å². The number of carbonyl (C=O) groups is 1. The molecule has 0 fully saturated rings. The fourth-order valence-corrected chi connectivity index (χ4v) is 1.93. The summed E-state index contributed by atoms with van der Waals surface area (Å²) in [6.07, 6.45) is -0.771. The van der Waals surface area contributed by atoms with Gasteiger partial charge in [0.1, 0.15) is 0 Å². The first-order chi connectivity index (χ1) is 9.49. The molecule has 0 radical (unpaired) electrons. The van der Waals surface area contributed by atoms with Crippen molar-refractivity contribution in [3.05, 3.63) is 64.4 Å². The van der Waals surface area contributed by atoms with Crippen molar-refractivity contribution < 1.29 is 13.9 Å². The predicted molar refractivity (Wildman–Crippen MR) is 77.0 cm³/mol. The largest absolute Gasteiger partial charge is 0.479 e. The van der Waals surface area contributed by atoms with E-state index >= 15 is 0 Å². The standard InChI is InChI=1S/C16H14ClFO2/c1-10-4-3-5-14(15(10)18)20-11(2)16(19)12-6-8-13(17)9-7-12/h3-9,11H,1-2H3. The second kappa shape index (κ2) is 6.06. The van der Waals surface area contributed by atoms with Crippen LogP contribution in [0.15, 0.2) is 42.5 Å². The number of hydrogen-bond acceptors (Lipinski definition) is 2. The van der Waals surface area contributed by atoms with Crippen molar-refractivity contribution in [1.82, 2.24) is 0 Å². The summed E-state index contributed by atoms with van der Waals surface area (Å²) in [4.78, 5) is 12.2. The Hall–Kier alpha value is -1.87. The maximum atomic E-state index is 13.8. The molecule has 2 nitrogen and oxygen atoms in total. The molecule has 0 aromatic heterocycles. The molecule has 0 aliphatic carbocycles. The third kappa shape index (κ3) is 3.17. The summed E-state index contributed by atoms with van der Waals surface area (Å²) in [7, 11) is 0. The first-order valence-electron chi connectivity index (χ1n) is 6.20. The van der Waals surface area contributed by atoms with E-state index in [1.165, 1.54) is 6.07 Å². The average molecular weight is 293 g/mol. The van der Waals surface area contributed by atoms with Crippen LogP contribution in [-0.2, 0) is 0 Å². The molecule has 0 amide bonds. The molecule has 2 aromatic carbocycles. The van der Waals surface area contributed by atoms with Crippen LogP contribution in [0, 0.1) is 12.7 Å². The number of benzene rings is 2. The number of rotatable bonds is 4. The first-order valence-corrected chi connectivity index (χ1v) is 6.58. The van der Waals surface area contributed by atoms with Crippen molar-refractivity contribution in [2.45, 2.75) is 20.0 Å². The molecule has 4 heteroatoms. The Morgan fingerprint density at radius 3 is 2.50 bits per heavy atom. The highest BCUT2D eigenvalue weighted by Gasteiger charge is 2.18. The lowest BCUT2D eigenvalue weighted by Gasteiger charge is -2.15. The van der Waals surface area contributed by atoms with E-state index in [2.05, 4.69) is 0 Å². The topological polar surface area (TPSA) is 26.3 Å². The molecule has 0 saturated carbocycles. The Bertz CT molecular complexity index is 623. The van der Waals surface area contributed by atoms with Gasteiger partial charge in [-0.15, -0.1) is 0 Å². The van der Waals surface area contributed by atoms with Crippen LogP contribution >= 0.6 is 11.6 Å². The number of hydrogen-bond donors (Lipinski definition) is 0. The van der Waals surface area contributed by atoms with E-state index < -0.39 is 11.9 Å². The van der Waals surface area contributed by atoms with Gasteiger partial charge in [0, 0.05) is 10.6 Å². The molecule has 0 spiro atoms. The molecular weight excluding hydrogens is 279 g/mol. The minimum atomic E-state index is -0.771. The van der Waals surface area contributed by atoms with Gasteiger partial charge in [-0.1, -0.05) is 23.7 Å². The zero-order valence-corrected chi connectivity index (χ0v) is 11.9. The van der Waals surface area contributed by atoms with Crippen molar-refractivity contribution in [2.75, 3.05) is 0 Å². The summed E-state index contributed by atoms with van der Waals surface area (Å²) in [5.41, 5.74) is 0.962. The number of carbonyl (C=O) groups excluding carboxylic acids is 1. The van der Waals surface area contributed by atoms with Gasteiger partial charge in [-0.25, -0.2) is 4.39 Å². The lowest BCUT2D eigenvalue weighted by molar-refractivity contribution is 0.0812. The Balaban J connectivity index is 2.15. The lowest BCUT2D eigenvalue weighted by Crippen LogP contribution is -2.24. The molecule has 0 saturated heterocycles. The van der Waals surface area contributed by atoms with Gasteiger partial charge >= 0.3 is 0 Å². The van der Waals surface area contributed by atoms with Gasteiger partial charge in [-0.05, 0) is 49.7 Å². The SMILES string of the molecule is Cc1cccc(OC(C)C(=O)c2ccc(Cl)cc2)c1F. The second-order valence-electron chi connectivity index (χ2n) is 4.52. The quantitative estimate of drug-likeness (QED) is 0.779. The zero-order chi connectivity index (χ0) is 14.7. The van der Waals surface area contributed by atoms with Crippen molar-refractivity contribution in [2.24, 2.45) is 0 Å². The summed E-state index contributed by atoms with van der Waals surface area (Å²) >= 11 is 5.77. The Kier molecular flexibility index (Phi) is 4.40. The van der Waals surface area contributed by atoms with Crippen LogP contribution < -0.4 is 4.74 Å². The van der Waals surface area contributed by atoms with Crippen LogP contribution in [0.3, 0.4) is 0 Å². The maximum absolute atomic E-state index is 13.8. The van der Waals surface area contributed by atoms with Crippen LogP contribution in [0.1, 0.15) is 22.8 Å². The van der Waals surface area contributed by atoms with Crippen molar-refractivity contribution in [3.63, 3.8) is 0 Å². The minimum absolute atomic E-state index is 0.0832. The van der Waals surface area contributed by atoms with E-state index in [0.29, 0.717) is 16.1 Å². The smallest absolute Gasteiger partial charge is 0.202 e. The van der Waals surface area contributed by atoms with E-state index in [9.17, 15) is 9.18 Å². The molecule has 0 bridgehead atoms. The molecule has 0 N–H and O–H groups in total. The molecule has 0 heterocycles. The van der Waals surface area contributed by atoms with Crippen LogP contribution in [0.4, 0.5) is 4.39 Å². The van der Waals surface area contributed by atoms with Crippen molar-refractivity contribution in [1.29, 1.82) is 0 Å². The van der Waals surface area contributed by atoms with Gasteiger partial charge in [-0.3, -0.25) is 4.79 Å². The number of halogens is 2. The molecule has 1 unspecified atom stereocenters. The number of ether oxygens (including phenoxy) is 1. The molecule has 20 heavy (non-hydrogen) atoms. The predicted octanol–water partition coefficient (Wildman–Crippen LogP) is 4.44. The molecule has 0 aliphatic heterocycles. The fraction of sp³-hybridized carbons (Fsp3) is 0.188. The second-order valence-corrected chi connectivity index (χ2v) is 4.95. The highest BCUT2D eigenvalue weighted by molar-refractivity contribution is 6.30. The minimum Gasteiger partial charge on any atom is -0.479 e. The first kappa shape index (κ1) is 14.5. The zero-order valence-electron chi connectivity index (χ0n) is 11.2.